The van der Waals surface area contributed by atoms with Crippen LogP contribution in [0.4, 0.5) is 5.69 Å². The number of nitrogens with one attached hydrogen (secondary N) is 1. The summed E-state index contributed by atoms with van der Waals surface area (Å²) in [5.74, 6) is -0.318. The van der Waals surface area contributed by atoms with E-state index in [1.807, 2.05) is 6.07 Å². The molecule has 1 saturated heterocycles. The van der Waals surface area contributed by atoms with Crippen molar-refractivity contribution in [3.8, 4) is 0 Å². The SMILES string of the molecule is NC(=O)c1cc2cc(N3CCN(CCCCc4c[nH]c5ccc(CI)cc45)CC3)ccc2o1. The Morgan fingerprint density at radius 3 is 2.70 bits per heavy atom. The standard InChI is InChI=1S/C26H29IN4O2/c27-16-18-4-6-23-22(13-18)19(17-29-23)3-1-2-8-30-9-11-31(12-10-30)21-5-7-24-20(14-21)15-25(33-24)26(28)32/h4-7,13-15,17,29H,1-3,8-12,16H2,(H2,28,32). The molecule has 1 aliphatic heterocycles. The van der Waals surface area contributed by atoms with Gasteiger partial charge < -0.3 is 20.0 Å². The van der Waals surface area contributed by atoms with E-state index < -0.39 is 5.91 Å². The number of anilines is 1. The van der Waals surface area contributed by atoms with Crippen LogP contribution >= 0.6 is 22.6 Å². The van der Waals surface area contributed by atoms with Crippen molar-refractivity contribution in [2.24, 2.45) is 5.73 Å². The molecule has 0 spiro atoms. The van der Waals surface area contributed by atoms with E-state index in [0.717, 1.165) is 49.0 Å². The fraction of sp³-hybridized carbons (Fsp3) is 0.346. The second-order valence-electron chi connectivity index (χ2n) is 8.81. The summed E-state index contributed by atoms with van der Waals surface area (Å²) < 4.78 is 6.55. The Hall–Kier alpha value is -2.52. The van der Waals surface area contributed by atoms with Crippen LogP contribution in [0.25, 0.3) is 21.9 Å². The fourth-order valence-electron chi connectivity index (χ4n) is 4.74. The van der Waals surface area contributed by atoms with Crippen molar-refractivity contribution in [3.63, 3.8) is 0 Å². The number of amides is 1. The lowest BCUT2D eigenvalue weighted by atomic mass is 10.1. The molecule has 7 heteroatoms. The van der Waals surface area contributed by atoms with E-state index >= 15 is 0 Å². The maximum atomic E-state index is 11.4. The van der Waals surface area contributed by atoms with Gasteiger partial charge in [-0.15, -0.1) is 0 Å². The average Bonchev–Trinajstić information content (AvgIpc) is 3.45. The van der Waals surface area contributed by atoms with Crippen LogP contribution in [-0.4, -0.2) is 48.5 Å². The molecule has 3 heterocycles. The molecule has 5 rings (SSSR count). The third-order valence-corrected chi connectivity index (χ3v) is 7.52. The Bertz CT molecular complexity index is 1270. The summed E-state index contributed by atoms with van der Waals surface area (Å²) in [5, 5.41) is 2.31. The van der Waals surface area contributed by atoms with Crippen molar-refractivity contribution < 1.29 is 9.21 Å². The number of hydrogen-bond donors (Lipinski definition) is 2. The number of nitrogens with two attached hydrogens (primary N) is 1. The molecule has 1 amide bonds. The lowest BCUT2D eigenvalue weighted by Gasteiger charge is -2.36. The average molecular weight is 556 g/mol. The highest BCUT2D eigenvalue weighted by Gasteiger charge is 2.18. The summed E-state index contributed by atoms with van der Waals surface area (Å²) in [6.45, 7) is 5.31. The maximum absolute atomic E-state index is 11.4. The fourth-order valence-corrected chi connectivity index (χ4v) is 5.22. The molecule has 172 valence electrons. The van der Waals surface area contributed by atoms with Gasteiger partial charge in [-0.1, -0.05) is 28.7 Å². The molecule has 1 aliphatic rings. The Morgan fingerprint density at radius 1 is 1.06 bits per heavy atom. The van der Waals surface area contributed by atoms with Gasteiger partial charge in [-0.25, -0.2) is 0 Å². The first kappa shape index (κ1) is 22.3. The number of nitrogens with zero attached hydrogens (tertiary/aromatic N) is 2. The minimum Gasteiger partial charge on any atom is -0.451 e. The number of alkyl halides is 1. The van der Waals surface area contributed by atoms with E-state index in [2.05, 4.69) is 73.9 Å². The minimum absolute atomic E-state index is 0.213. The van der Waals surface area contributed by atoms with Crippen molar-refractivity contribution >= 4 is 56.1 Å². The van der Waals surface area contributed by atoms with Gasteiger partial charge in [0.25, 0.3) is 5.91 Å². The number of halogens is 1. The van der Waals surface area contributed by atoms with Gasteiger partial charge in [-0.05, 0) is 73.3 Å². The van der Waals surface area contributed by atoms with E-state index in [-0.39, 0.29) is 5.76 Å². The van der Waals surface area contributed by atoms with E-state index in [1.165, 1.54) is 40.6 Å². The quantitative estimate of drug-likeness (QED) is 0.180. The Morgan fingerprint density at radius 2 is 1.91 bits per heavy atom. The third-order valence-electron chi connectivity index (χ3n) is 6.64. The number of primary amides is 1. The first-order valence-electron chi connectivity index (χ1n) is 11.6. The molecule has 0 bridgehead atoms. The zero-order valence-electron chi connectivity index (χ0n) is 18.6. The summed E-state index contributed by atoms with van der Waals surface area (Å²) in [6.07, 6.45) is 5.74. The van der Waals surface area contributed by atoms with Gasteiger partial charge >= 0.3 is 0 Å². The smallest absolute Gasteiger partial charge is 0.284 e. The van der Waals surface area contributed by atoms with Gasteiger partial charge in [0.2, 0.25) is 0 Å². The Kier molecular flexibility index (Phi) is 6.59. The summed E-state index contributed by atoms with van der Waals surface area (Å²) in [6, 6.07) is 14.6. The number of H-pyrrole nitrogens is 1. The second kappa shape index (κ2) is 9.77. The van der Waals surface area contributed by atoms with Crippen LogP contribution < -0.4 is 10.6 Å². The van der Waals surface area contributed by atoms with Crippen LogP contribution in [0.1, 0.15) is 34.5 Å². The molecule has 0 aliphatic carbocycles. The van der Waals surface area contributed by atoms with Crippen LogP contribution in [0.5, 0.6) is 0 Å². The molecule has 3 N–H and O–H groups in total. The maximum Gasteiger partial charge on any atom is 0.284 e. The van der Waals surface area contributed by atoms with Gasteiger partial charge in [0.15, 0.2) is 5.76 Å². The number of hydrogen-bond acceptors (Lipinski definition) is 4. The van der Waals surface area contributed by atoms with E-state index in [4.69, 9.17) is 10.2 Å². The van der Waals surface area contributed by atoms with Crippen LogP contribution in [0.3, 0.4) is 0 Å². The predicted molar refractivity (Wildman–Crippen MR) is 142 cm³/mol. The molecule has 33 heavy (non-hydrogen) atoms. The summed E-state index contributed by atoms with van der Waals surface area (Å²) in [5.41, 5.74) is 11.3. The van der Waals surface area contributed by atoms with Gasteiger partial charge in [-0.3, -0.25) is 9.69 Å². The Balaban J connectivity index is 1.10. The van der Waals surface area contributed by atoms with Crippen molar-refractivity contribution in [1.29, 1.82) is 0 Å². The first-order chi connectivity index (χ1) is 16.1. The number of furan rings is 1. The van der Waals surface area contributed by atoms with Crippen LogP contribution in [0, 0.1) is 0 Å². The number of fused-ring (bicyclic) bond motifs is 2. The summed E-state index contributed by atoms with van der Waals surface area (Å²) in [4.78, 5) is 19.8. The number of benzene rings is 2. The normalized spacial score (nSPS) is 15.0. The minimum atomic E-state index is -0.531. The molecule has 0 saturated carbocycles. The first-order valence-corrected chi connectivity index (χ1v) is 13.1. The Labute approximate surface area is 207 Å². The van der Waals surface area contributed by atoms with Crippen molar-refractivity contribution in [2.45, 2.75) is 23.7 Å². The number of carbonyl (C=O) groups excluding carboxylic acids is 1. The number of unbranched alkanes of at least 4 members (excludes halogenated alkanes) is 1. The van der Waals surface area contributed by atoms with Crippen LogP contribution in [0.2, 0.25) is 0 Å². The van der Waals surface area contributed by atoms with Crippen LogP contribution in [0.15, 0.2) is 53.1 Å². The third kappa shape index (κ3) is 4.89. The van der Waals surface area contributed by atoms with Crippen LogP contribution in [-0.2, 0) is 10.8 Å². The molecule has 2 aromatic carbocycles. The van der Waals surface area contributed by atoms with Gasteiger partial charge in [0, 0.05) is 58.8 Å². The summed E-state index contributed by atoms with van der Waals surface area (Å²) >= 11 is 2.43. The monoisotopic (exact) mass is 556 g/mol. The van der Waals surface area contributed by atoms with Gasteiger partial charge in [-0.2, -0.15) is 0 Å². The zero-order valence-corrected chi connectivity index (χ0v) is 20.8. The highest BCUT2D eigenvalue weighted by atomic mass is 127. The topological polar surface area (TPSA) is 78.5 Å². The number of aryl methyl sites for hydroxylation is 1. The largest absolute Gasteiger partial charge is 0.451 e. The zero-order chi connectivity index (χ0) is 22.8. The molecule has 1 fully saturated rings. The molecule has 6 nitrogen and oxygen atoms in total. The molecular formula is C26H29IN4O2. The highest BCUT2D eigenvalue weighted by Crippen LogP contribution is 2.26. The molecule has 0 atom stereocenters. The number of rotatable bonds is 8. The van der Waals surface area contributed by atoms with E-state index in [9.17, 15) is 4.79 Å². The predicted octanol–water partition coefficient (Wildman–Crippen LogP) is 5.09. The molecule has 2 aromatic heterocycles. The van der Waals surface area contributed by atoms with Crippen molar-refractivity contribution in [2.75, 3.05) is 37.6 Å². The van der Waals surface area contributed by atoms with E-state index in [1.54, 1.807) is 6.07 Å². The second-order valence-corrected chi connectivity index (χ2v) is 9.57. The molecule has 4 aromatic rings. The molecule has 0 radical (unpaired) electrons. The lowest BCUT2D eigenvalue weighted by molar-refractivity contribution is 0.0976. The van der Waals surface area contributed by atoms with Crippen molar-refractivity contribution in [3.05, 3.63) is 65.5 Å². The van der Waals surface area contributed by atoms with E-state index in [0.29, 0.717) is 5.58 Å². The lowest BCUT2D eigenvalue weighted by Crippen LogP contribution is -2.46. The van der Waals surface area contributed by atoms with Crippen molar-refractivity contribution in [1.82, 2.24) is 9.88 Å². The number of piperazine rings is 1. The van der Waals surface area contributed by atoms with Gasteiger partial charge in [0.05, 0.1) is 0 Å². The number of carbonyl (C=O) groups is 1. The number of aromatic nitrogens is 1. The van der Waals surface area contributed by atoms with Gasteiger partial charge in [0.1, 0.15) is 5.58 Å². The highest BCUT2D eigenvalue weighted by molar-refractivity contribution is 14.1. The molecule has 0 unspecified atom stereocenters. The summed E-state index contributed by atoms with van der Waals surface area (Å²) in [7, 11) is 0. The number of aromatic amines is 1. The molecular weight excluding hydrogens is 527 g/mol.